The maximum Gasteiger partial charge on any atom is 0.259 e. The Kier molecular flexibility index (Phi) is 5.26. The summed E-state index contributed by atoms with van der Waals surface area (Å²) in [6.45, 7) is 0. The highest BCUT2D eigenvalue weighted by molar-refractivity contribution is 6.50. The van der Waals surface area contributed by atoms with Crippen LogP contribution in [0.25, 0.3) is 22.6 Å². The van der Waals surface area contributed by atoms with Gasteiger partial charge in [0.25, 0.3) is 5.89 Å². The Morgan fingerprint density at radius 1 is 1.08 bits per heavy atom. The minimum absolute atomic E-state index is 0.214. The first-order chi connectivity index (χ1) is 12.1. The number of methoxy groups -OCH3 is 2. The third-order valence-corrected chi connectivity index (χ3v) is 3.95. The molecule has 0 aliphatic rings. The van der Waals surface area contributed by atoms with Gasteiger partial charge in [0.2, 0.25) is 5.89 Å². The lowest BCUT2D eigenvalue weighted by Crippen LogP contribution is -1.92. The highest BCUT2D eigenvalue weighted by atomic mass is 35.5. The van der Waals surface area contributed by atoms with Crippen molar-refractivity contribution in [2.45, 2.75) is 0 Å². The molecule has 1 aromatic heterocycles. The standard InChI is InChI=1S/C18H14Cl2N2O3/c1-23-15-10-11(8-13(19)16(15)24-2)9-14(20)18-22-21-17(25-18)12-6-4-3-5-7-12/h3-10H,1-2H3/b14-9-. The molecule has 0 saturated carbocycles. The van der Waals surface area contributed by atoms with Crippen molar-refractivity contribution in [2.24, 2.45) is 0 Å². The fraction of sp³-hybridized carbons (Fsp3) is 0.111. The van der Waals surface area contributed by atoms with Gasteiger partial charge in [-0.05, 0) is 35.9 Å². The summed E-state index contributed by atoms with van der Waals surface area (Å²) in [7, 11) is 3.06. The van der Waals surface area contributed by atoms with Crippen LogP contribution in [0.1, 0.15) is 11.5 Å². The van der Waals surface area contributed by atoms with Crippen molar-refractivity contribution in [3.05, 3.63) is 58.9 Å². The minimum atomic E-state index is 0.214. The van der Waals surface area contributed by atoms with E-state index in [1.165, 1.54) is 14.2 Å². The van der Waals surface area contributed by atoms with Crippen LogP contribution in [0, 0.1) is 0 Å². The molecule has 2 aromatic carbocycles. The second kappa shape index (κ2) is 7.59. The van der Waals surface area contributed by atoms with E-state index in [9.17, 15) is 0 Å². The number of nitrogens with zero attached hydrogens (tertiary/aromatic N) is 2. The summed E-state index contributed by atoms with van der Waals surface area (Å²) in [5.74, 6) is 1.57. The summed E-state index contributed by atoms with van der Waals surface area (Å²) in [5, 5.41) is 8.70. The smallest absolute Gasteiger partial charge is 0.259 e. The molecule has 0 radical (unpaired) electrons. The molecule has 0 saturated heterocycles. The first-order valence-corrected chi connectivity index (χ1v) is 8.06. The number of aromatic nitrogens is 2. The zero-order valence-corrected chi connectivity index (χ0v) is 15.0. The molecule has 0 amide bonds. The van der Waals surface area contributed by atoms with Gasteiger partial charge in [0.1, 0.15) is 5.03 Å². The third kappa shape index (κ3) is 3.78. The van der Waals surface area contributed by atoms with Crippen molar-refractivity contribution in [1.29, 1.82) is 0 Å². The lowest BCUT2D eigenvalue weighted by Gasteiger charge is -2.10. The average Bonchev–Trinajstić information content (AvgIpc) is 3.12. The van der Waals surface area contributed by atoms with Crippen LogP contribution >= 0.6 is 23.2 Å². The number of ether oxygens (including phenoxy) is 2. The predicted molar refractivity (Wildman–Crippen MR) is 98.0 cm³/mol. The molecule has 7 heteroatoms. The maximum absolute atomic E-state index is 6.31. The van der Waals surface area contributed by atoms with Crippen molar-refractivity contribution < 1.29 is 13.9 Å². The summed E-state index contributed by atoms with van der Waals surface area (Å²) in [5.41, 5.74) is 1.53. The van der Waals surface area contributed by atoms with Gasteiger partial charge < -0.3 is 13.9 Å². The Hall–Kier alpha value is -2.50. The lowest BCUT2D eigenvalue weighted by molar-refractivity contribution is 0.355. The van der Waals surface area contributed by atoms with E-state index >= 15 is 0 Å². The first kappa shape index (κ1) is 17.3. The topological polar surface area (TPSA) is 57.4 Å². The molecule has 0 N–H and O–H groups in total. The molecule has 0 bridgehead atoms. The molecule has 5 nitrogen and oxygen atoms in total. The van der Waals surface area contributed by atoms with Gasteiger partial charge in [0, 0.05) is 5.56 Å². The predicted octanol–water partition coefficient (Wildman–Crippen LogP) is 5.14. The van der Waals surface area contributed by atoms with Crippen LogP contribution < -0.4 is 9.47 Å². The van der Waals surface area contributed by atoms with Crippen molar-refractivity contribution in [3.8, 4) is 23.0 Å². The largest absolute Gasteiger partial charge is 0.493 e. The van der Waals surface area contributed by atoms with Gasteiger partial charge >= 0.3 is 0 Å². The van der Waals surface area contributed by atoms with Crippen LogP contribution in [0.5, 0.6) is 11.5 Å². The van der Waals surface area contributed by atoms with Gasteiger partial charge in [-0.1, -0.05) is 41.4 Å². The van der Waals surface area contributed by atoms with Crippen molar-refractivity contribution in [1.82, 2.24) is 10.2 Å². The zero-order chi connectivity index (χ0) is 17.8. The van der Waals surface area contributed by atoms with Crippen LogP contribution in [0.4, 0.5) is 0 Å². The Bertz CT molecular complexity index is 908. The van der Waals surface area contributed by atoms with Gasteiger partial charge in [-0.15, -0.1) is 10.2 Å². The number of benzene rings is 2. The van der Waals surface area contributed by atoms with E-state index < -0.39 is 0 Å². The quantitative estimate of drug-likeness (QED) is 0.616. The minimum Gasteiger partial charge on any atom is -0.493 e. The number of rotatable bonds is 5. The molecule has 0 atom stereocenters. The zero-order valence-electron chi connectivity index (χ0n) is 13.5. The van der Waals surface area contributed by atoms with E-state index in [0.29, 0.717) is 28.0 Å². The van der Waals surface area contributed by atoms with Gasteiger partial charge in [0.05, 0.1) is 19.2 Å². The Morgan fingerprint density at radius 2 is 1.84 bits per heavy atom. The number of hydrogen-bond acceptors (Lipinski definition) is 5. The van der Waals surface area contributed by atoms with Crippen LogP contribution in [0.3, 0.4) is 0 Å². The Balaban J connectivity index is 1.92. The molecule has 1 heterocycles. The third-order valence-electron chi connectivity index (χ3n) is 3.40. The van der Waals surface area contributed by atoms with E-state index in [1.54, 1.807) is 18.2 Å². The van der Waals surface area contributed by atoms with Crippen LogP contribution in [0.15, 0.2) is 46.9 Å². The molecular formula is C18H14Cl2N2O3. The second-order valence-electron chi connectivity index (χ2n) is 5.01. The summed E-state index contributed by atoms with van der Waals surface area (Å²) in [6, 6.07) is 12.9. The van der Waals surface area contributed by atoms with Crippen LogP contribution in [-0.4, -0.2) is 24.4 Å². The molecule has 3 rings (SSSR count). The number of halogens is 2. The van der Waals surface area contributed by atoms with E-state index in [4.69, 9.17) is 37.1 Å². The lowest BCUT2D eigenvalue weighted by atomic mass is 10.2. The molecule has 0 aliphatic carbocycles. The number of hydrogen-bond donors (Lipinski definition) is 0. The van der Waals surface area contributed by atoms with Crippen LogP contribution in [-0.2, 0) is 0 Å². The Morgan fingerprint density at radius 3 is 2.52 bits per heavy atom. The molecule has 3 aromatic rings. The molecule has 0 fully saturated rings. The normalized spacial score (nSPS) is 11.4. The molecule has 25 heavy (non-hydrogen) atoms. The fourth-order valence-corrected chi connectivity index (χ4v) is 2.75. The van der Waals surface area contributed by atoms with E-state index in [-0.39, 0.29) is 10.9 Å². The van der Waals surface area contributed by atoms with Gasteiger partial charge in [-0.25, -0.2) is 0 Å². The summed E-state index contributed by atoms with van der Waals surface area (Å²) < 4.78 is 16.1. The van der Waals surface area contributed by atoms with Crippen molar-refractivity contribution in [3.63, 3.8) is 0 Å². The molecular weight excluding hydrogens is 363 g/mol. The van der Waals surface area contributed by atoms with Crippen molar-refractivity contribution >= 4 is 34.3 Å². The Labute approximate surface area is 154 Å². The monoisotopic (exact) mass is 376 g/mol. The van der Waals surface area contributed by atoms with Crippen LogP contribution in [0.2, 0.25) is 5.02 Å². The van der Waals surface area contributed by atoms with E-state index in [2.05, 4.69) is 10.2 Å². The average molecular weight is 377 g/mol. The summed E-state index contributed by atoms with van der Waals surface area (Å²) in [4.78, 5) is 0. The van der Waals surface area contributed by atoms with Gasteiger partial charge in [-0.2, -0.15) is 0 Å². The highest BCUT2D eigenvalue weighted by Gasteiger charge is 2.13. The fourth-order valence-electron chi connectivity index (χ4n) is 2.25. The molecule has 0 spiro atoms. The second-order valence-corrected chi connectivity index (χ2v) is 5.82. The van der Waals surface area contributed by atoms with Gasteiger partial charge in [-0.3, -0.25) is 0 Å². The molecule has 0 aliphatic heterocycles. The highest BCUT2D eigenvalue weighted by Crippen LogP contribution is 2.37. The summed E-state index contributed by atoms with van der Waals surface area (Å²) >= 11 is 12.5. The summed E-state index contributed by atoms with van der Waals surface area (Å²) in [6.07, 6.45) is 1.66. The first-order valence-electron chi connectivity index (χ1n) is 7.30. The van der Waals surface area contributed by atoms with E-state index in [1.807, 2.05) is 30.3 Å². The molecule has 0 unspecified atom stereocenters. The molecule has 128 valence electrons. The van der Waals surface area contributed by atoms with Gasteiger partial charge in [0.15, 0.2) is 11.5 Å². The SMILES string of the molecule is COc1cc(/C=C(\Cl)c2nnc(-c3ccccc3)o2)cc(Cl)c1OC. The van der Waals surface area contributed by atoms with Crippen molar-refractivity contribution in [2.75, 3.05) is 14.2 Å². The maximum atomic E-state index is 6.31. The van der Waals surface area contributed by atoms with E-state index in [0.717, 1.165) is 5.56 Å².